The Hall–Kier alpha value is -1.55. The summed E-state index contributed by atoms with van der Waals surface area (Å²) >= 11 is 0. The maximum Gasteiger partial charge on any atom is 0.191 e. The molecule has 128 valence electrons. The van der Waals surface area contributed by atoms with Gasteiger partial charge in [0.15, 0.2) is 5.96 Å². The molecule has 0 amide bonds. The van der Waals surface area contributed by atoms with Gasteiger partial charge in [-0.2, -0.15) is 0 Å². The quantitative estimate of drug-likeness (QED) is 0.481. The van der Waals surface area contributed by atoms with Crippen LogP contribution in [0.15, 0.2) is 35.3 Å². The highest BCUT2D eigenvalue weighted by Gasteiger charge is 2.15. The predicted octanol–water partition coefficient (Wildman–Crippen LogP) is 3.03. The molecule has 1 aromatic carbocycles. The lowest BCUT2D eigenvalue weighted by molar-refractivity contribution is 0.182. The van der Waals surface area contributed by atoms with Crippen molar-refractivity contribution < 1.29 is 0 Å². The van der Waals surface area contributed by atoms with Crippen LogP contribution >= 0.6 is 0 Å². The minimum absolute atomic E-state index is 0.255. The van der Waals surface area contributed by atoms with Crippen molar-refractivity contribution in [2.24, 2.45) is 10.9 Å². The smallest absolute Gasteiger partial charge is 0.191 e. The first-order chi connectivity index (χ1) is 11.2. The third-order valence-corrected chi connectivity index (χ3v) is 4.56. The number of rotatable bonds is 6. The van der Waals surface area contributed by atoms with Gasteiger partial charge in [-0.05, 0) is 50.8 Å². The fourth-order valence-corrected chi connectivity index (χ4v) is 3.22. The number of likely N-dealkylation sites (tertiary alicyclic amines) is 1. The highest BCUT2D eigenvalue weighted by Crippen LogP contribution is 2.15. The zero-order chi connectivity index (χ0) is 16.5. The Labute approximate surface area is 141 Å². The number of benzene rings is 1. The summed E-state index contributed by atoms with van der Waals surface area (Å²) < 4.78 is 0. The predicted molar refractivity (Wildman–Crippen MR) is 98.8 cm³/mol. The summed E-state index contributed by atoms with van der Waals surface area (Å²) in [7, 11) is 1.83. The molecule has 0 aromatic heterocycles. The summed E-state index contributed by atoms with van der Waals surface area (Å²) in [6.45, 7) is 9.20. The molecule has 1 aliphatic rings. The number of guanidine groups is 1. The lowest BCUT2D eigenvalue weighted by atomic mass is 10.0. The fraction of sp³-hybridized carbons (Fsp3) is 0.632. The van der Waals surface area contributed by atoms with Crippen molar-refractivity contribution in [3.63, 3.8) is 0 Å². The number of piperidine rings is 1. The topological polar surface area (TPSA) is 39.7 Å². The van der Waals surface area contributed by atoms with Crippen LogP contribution in [0.2, 0.25) is 0 Å². The van der Waals surface area contributed by atoms with Crippen LogP contribution in [0.25, 0.3) is 0 Å². The van der Waals surface area contributed by atoms with E-state index in [1.54, 1.807) is 0 Å². The van der Waals surface area contributed by atoms with E-state index in [2.05, 4.69) is 58.6 Å². The van der Waals surface area contributed by atoms with Gasteiger partial charge in [-0.25, -0.2) is 0 Å². The van der Waals surface area contributed by atoms with Gasteiger partial charge in [0, 0.05) is 20.1 Å². The van der Waals surface area contributed by atoms with Gasteiger partial charge in [0.1, 0.15) is 0 Å². The van der Waals surface area contributed by atoms with Gasteiger partial charge < -0.3 is 15.5 Å². The number of hydrogen-bond acceptors (Lipinski definition) is 2. The molecule has 0 bridgehead atoms. The second-order valence-corrected chi connectivity index (χ2v) is 6.68. The molecule has 23 heavy (non-hydrogen) atoms. The first kappa shape index (κ1) is 17.8. The molecule has 1 aliphatic heterocycles. The summed E-state index contributed by atoms with van der Waals surface area (Å²) in [6, 6.07) is 10.7. The van der Waals surface area contributed by atoms with Crippen LogP contribution in [0.3, 0.4) is 0 Å². The zero-order valence-corrected chi connectivity index (χ0v) is 14.9. The van der Waals surface area contributed by atoms with Crippen LogP contribution in [-0.4, -0.2) is 44.1 Å². The van der Waals surface area contributed by atoms with Gasteiger partial charge in [0.05, 0.1) is 6.04 Å². The molecule has 0 aliphatic carbocycles. The Morgan fingerprint density at radius 2 is 2.13 bits per heavy atom. The first-order valence-electron chi connectivity index (χ1n) is 8.93. The molecule has 0 radical (unpaired) electrons. The Kier molecular flexibility index (Phi) is 7.40. The van der Waals surface area contributed by atoms with E-state index in [1.165, 1.54) is 38.0 Å². The van der Waals surface area contributed by atoms with E-state index >= 15 is 0 Å². The van der Waals surface area contributed by atoms with E-state index in [-0.39, 0.29) is 6.04 Å². The highest BCUT2D eigenvalue weighted by atomic mass is 15.2. The van der Waals surface area contributed by atoms with Gasteiger partial charge in [-0.1, -0.05) is 37.3 Å². The number of aliphatic imine (C=N–C) groups is 1. The first-order valence-corrected chi connectivity index (χ1v) is 8.93. The standard InChI is InChI=1S/C19H32N4/c1-16-9-7-13-23(15-16)14-8-12-21-19(20-3)22-17(2)18-10-5-4-6-11-18/h4-6,10-11,16-17H,7-9,12-15H2,1-3H3,(H2,20,21,22). The third kappa shape index (κ3) is 6.22. The molecule has 1 fully saturated rings. The average molecular weight is 316 g/mol. The van der Waals surface area contributed by atoms with Crippen molar-refractivity contribution in [1.82, 2.24) is 15.5 Å². The molecule has 1 saturated heterocycles. The Balaban J connectivity index is 1.67. The monoisotopic (exact) mass is 316 g/mol. The average Bonchev–Trinajstić information content (AvgIpc) is 2.58. The summed E-state index contributed by atoms with van der Waals surface area (Å²) in [5.41, 5.74) is 1.28. The molecule has 2 rings (SSSR count). The number of hydrogen-bond donors (Lipinski definition) is 2. The van der Waals surface area contributed by atoms with Gasteiger partial charge >= 0.3 is 0 Å². The fourth-order valence-electron chi connectivity index (χ4n) is 3.22. The van der Waals surface area contributed by atoms with E-state index in [0.717, 1.165) is 24.8 Å². The van der Waals surface area contributed by atoms with E-state index < -0.39 is 0 Å². The van der Waals surface area contributed by atoms with Crippen molar-refractivity contribution in [3.05, 3.63) is 35.9 Å². The van der Waals surface area contributed by atoms with Crippen LogP contribution in [0.1, 0.15) is 44.7 Å². The van der Waals surface area contributed by atoms with Gasteiger partial charge in [0.2, 0.25) is 0 Å². The van der Waals surface area contributed by atoms with Crippen LogP contribution in [0, 0.1) is 5.92 Å². The lowest BCUT2D eigenvalue weighted by Crippen LogP contribution is -2.41. The zero-order valence-electron chi connectivity index (χ0n) is 14.9. The summed E-state index contributed by atoms with van der Waals surface area (Å²) in [5.74, 6) is 1.74. The molecule has 1 heterocycles. The SMILES string of the molecule is CN=C(NCCCN1CCCC(C)C1)NC(C)c1ccccc1. The van der Waals surface area contributed by atoms with Gasteiger partial charge in [0.25, 0.3) is 0 Å². The van der Waals surface area contributed by atoms with Crippen LogP contribution in [0.5, 0.6) is 0 Å². The molecule has 4 heteroatoms. The molecular formula is C19H32N4. The molecule has 0 saturated carbocycles. The van der Waals surface area contributed by atoms with Crippen molar-refractivity contribution in [2.45, 2.75) is 39.2 Å². The summed E-state index contributed by atoms with van der Waals surface area (Å²) in [4.78, 5) is 6.93. The summed E-state index contributed by atoms with van der Waals surface area (Å²) in [5, 5.41) is 6.89. The van der Waals surface area contributed by atoms with Gasteiger partial charge in [-0.15, -0.1) is 0 Å². The number of nitrogens with one attached hydrogen (secondary N) is 2. The van der Waals surface area contributed by atoms with Crippen LogP contribution in [0.4, 0.5) is 0 Å². The molecule has 2 N–H and O–H groups in total. The van der Waals surface area contributed by atoms with Crippen molar-refractivity contribution in [3.8, 4) is 0 Å². The van der Waals surface area contributed by atoms with Crippen molar-refractivity contribution in [2.75, 3.05) is 33.2 Å². The maximum absolute atomic E-state index is 4.33. The minimum Gasteiger partial charge on any atom is -0.356 e. The minimum atomic E-state index is 0.255. The largest absolute Gasteiger partial charge is 0.356 e. The van der Waals surface area contributed by atoms with E-state index in [4.69, 9.17) is 0 Å². The Morgan fingerprint density at radius 3 is 2.83 bits per heavy atom. The van der Waals surface area contributed by atoms with E-state index in [9.17, 15) is 0 Å². The molecule has 2 unspecified atom stereocenters. The summed E-state index contributed by atoms with van der Waals surface area (Å²) in [6.07, 6.45) is 3.90. The number of nitrogens with zero attached hydrogens (tertiary/aromatic N) is 2. The maximum atomic E-state index is 4.33. The lowest BCUT2D eigenvalue weighted by Gasteiger charge is -2.30. The second-order valence-electron chi connectivity index (χ2n) is 6.68. The second kappa shape index (κ2) is 9.56. The molecule has 2 atom stereocenters. The Bertz CT molecular complexity index is 472. The van der Waals surface area contributed by atoms with Crippen LogP contribution < -0.4 is 10.6 Å². The Morgan fingerprint density at radius 1 is 1.35 bits per heavy atom. The van der Waals surface area contributed by atoms with Crippen molar-refractivity contribution >= 4 is 5.96 Å². The molecular weight excluding hydrogens is 284 g/mol. The third-order valence-electron chi connectivity index (χ3n) is 4.56. The molecule has 1 aromatic rings. The van der Waals surface area contributed by atoms with Crippen molar-refractivity contribution in [1.29, 1.82) is 0 Å². The highest BCUT2D eigenvalue weighted by molar-refractivity contribution is 5.80. The molecule has 4 nitrogen and oxygen atoms in total. The van der Waals surface area contributed by atoms with E-state index in [0.29, 0.717) is 0 Å². The molecule has 0 spiro atoms. The van der Waals surface area contributed by atoms with E-state index in [1.807, 2.05) is 13.1 Å². The van der Waals surface area contributed by atoms with Gasteiger partial charge in [-0.3, -0.25) is 4.99 Å². The normalized spacial score (nSPS) is 21.0. The van der Waals surface area contributed by atoms with Crippen LogP contribution in [-0.2, 0) is 0 Å².